The number of halogens is 2. The number of nitrogens with one attached hydrogen (secondary N) is 1. The maximum Gasteiger partial charge on any atom is 0.317 e. The highest BCUT2D eigenvalue weighted by Crippen LogP contribution is 2.16. The molecule has 6 heteroatoms. The molecule has 100 valence electrons. The van der Waals surface area contributed by atoms with Gasteiger partial charge in [-0.15, -0.1) is 0 Å². The third-order valence-corrected chi connectivity index (χ3v) is 3.32. The number of likely N-dealkylation sites (N-methyl/N-ethyl adjacent to an activating group) is 1. The molecule has 0 heterocycles. The molecule has 0 saturated heterocycles. The molecule has 0 radical (unpaired) electrons. The van der Waals surface area contributed by atoms with Gasteiger partial charge in [-0.25, -0.2) is 9.18 Å². The Morgan fingerprint density at radius 2 is 2.28 bits per heavy atom. The van der Waals surface area contributed by atoms with Gasteiger partial charge in [-0.05, 0) is 40.5 Å². The first-order chi connectivity index (χ1) is 8.45. The minimum atomic E-state index is -0.362. The lowest BCUT2D eigenvalue weighted by molar-refractivity contribution is 0.157. The number of aliphatic hydroxyl groups is 1. The summed E-state index contributed by atoms with van der Waals surface area (Å²) in [6, 6.07) is 4.12. The fourth-order valence-electron chi connectivity index (χ4n) is 1.27. The Labute approximate surface area is 114 Å². The lowest BCUT2D eigenvalue weighted by Gasteiger charge is -2.23. The summed E-state index contributed by atoms with van der Waals surface area (Å²) in [5, 5.41) is 11.6. The number of hydrogen-bond donors (Lipinski definition) is 2. The number of amides is 2. The van der Waals surface area contributed by atoms with Crippen molar-refractivity contribution < 1.29 is 14.3 Å². The number of urea groups is 1. The van der Waals surface area contributed by atoms with E-state index in [1.54, 1.807) is 26.1 Å². The average molecular weight is 319 g/mol. The molecule has 1 aromatic carbocycles. The van der Waals surface area contributed by atoms with Gasteiger partial charge in [-0.2, -0.15) is 0 Å². The van der Waals surface area contributed by atoms with Crippen molar-refractivity contribution in [1.29, 1.82) is 0 Å². The molecule has 0 aliphatic carbocycles. The number of nitrogens with zero attached hydrogens (tertiary/aromatic N) is 1. The van der Waals surface area contributed by atoms with Gasteiger partial charge in [0.1, 0.15) is 5.82 Å². The molecule has 0 aromatic heterocycles. The lowest BCUT2D eigenvalue weighted by atomic mass is 10.2. The number of rotatable bonds is 4. The smallest absolute Gasteiger partial charge is 0.317 e. The van der Waals surface area contributed by atoms with Crippen LogP contribution in [-0.2, 0) is 6.54 Å². The van der Waals surface area contributed by atoms with Gasteiger partial charge in [-0.3, -0.25) is 0 Å². The second-order valence-electron chi connectivity index (χ2n) is 4.05. The van der Waals surface area contributed by atoms with E-state index in [4.69, 9.17) is 5.11 Å². The zero-order valence-electron chi connectivity index (χ0n) is 10.3. The summed E-state index contributed by atoms with van der Waals surface area (Å²) in [4.78, 5) is 13.1. The molecule has 0 aliphatic rings. The van der Waals surface area contributed by atoms with Gasteiger partial charge in [-0.1, -0.05) is 6.07 Å². The van der Waals surface area contributed by atoms with Crippen molar-refractivity contribution in [3.05, 3.63) is 34.1 Å². The number of hydrogen-bond acceptors (Lipinski definition) is 2. The van der Waals surface area contributed by atoms with E-state index in [2.05, 4.69) is 21.2 Å². The van der Waals surface area contributed by atoms with Crippen molar-refractivity contribution in [1.82, 2.24) is 10.2 Å². The molecule has 1 rings (SSSR count). The summed E-state index contributed by atoms with van der Waals surface area (Å²) in [6.07, 6.45) is 0. The molecule has 0 fully saturated rings. The molecule has 1 atom stereocenters. The van der Waals surface area contributed by atoms with Crippen LogP contribution in [0.25, 0.3) is 0 Å². The standard InChI is InChI=1S/C12H16BrFN2O2/c1-8(7-17)16(2)12(18)15-6-9-3-4-10(13)11(14)5-9/h3-5,8,17H,6-7H2,1-2H3,(H,15,18). The molecule has 2 N–H and O–H groups in total. The topological polar surface area (TPSA) is 52.6 Å². The van der Waals surface area contributed by atoms with Crippen molar-refractivity contribution in [3.8, 4) is 0 Å². The van der Waals surface area contributed by atoms with Gasteiger partial charge in [0.15, 0.2) is 0 Å². The predicted molar refractivity (Wildman–Crippen MR) is 70.6 cm³/mol. The average Bonchev–Trinajstić information content (AvgIpc) is 2.37. The van der Waals surface area contributed by atoms with Crippen molar-refractivity contribution >= 4 is 22.0 Å². The van der Waals surface area contributed by atoms with Crippen LogP contribution in [0.3, 0.4) is 0 Å². The largest absolute Gasteiger partial charge is 0.394 e. The summed E-state index contributed by atoms with van der Waals surface area (Å²) in [7, 11) is 1.60. The first-order valence-electron chi connectivity index (χ1n) is 5.51. The summed E-state index contributed by atoms with van der Waals surface area (Å²) < 4.78 is 13.6. The summed E-state index contributed by atoms with van der Waals surface area (Å²) in [5.74, 6) is -0.362. The SMILES string of the molecule is CC(CO)N(C)C(=O)NCc1ccc(Br)c(F)c1. The van der Waals surface area contributed by atoms with Crippen LogP contribution in [0.4, 0.5) is 9.18 Å². The van der Waals surface area contributed by atoms with E-state index in [9.17, 15) is 9.18 Å². The minimum Gasteiger partial charge on any atom is -0.394 e. The van der Waals surface area contributed by atoms with Gasteiger partial charge in [0.2, 0.25) is 0 Å². The van der Waals surface area contributed by atoms with E-state index >= 15 is 0 Å². The van der Waals surface area contributed by atoms with Gasteiger partial charge >= 0.3 is 6.03 Å². The Hall–Kier alpha value is -1.14. The van der Waals surface area contributed by atoms with Gasteiger partial charge in [0.25, 0.3) is 0 Å². The van der Waals surface area contributed by atoms with Gasteiger partial charge in [0, 0.05) is 13.6 Å². The van der Waals surface area contributed by atoms with E-state index in [0.717, 1.165) is 0 Å². The van der Waals surface area contributed by atoms with Crippen LogP contribution in [0.1, 0.15) is 12.5 Å². The fraction of sp³-hybridized carbons (Fsp3) is 0.417. The third-order valence-electron chi connectivity index (χ3n) is 2.67. The lowest BCUT2D eigenvalue weighted by Crippen LogP contribution is -2.43. The highest BCUT2D eigenvalue weighted by molar-refractivity contribution is 9.10. The fourth-order valence-corrected chi connectivity index (χ4v) is 1.52. The van der Waals surface area contributed by atoms with Crippen LogP contribution in [0.15, 0.2) is 22.7 Å². The van der Waals surface area contributed by atoms with Crippen molar-refractivity contribution in [3.63, 3.8) is 0 Å². The summed E-state index contributed by atoms with van der Waals surface area (Å²) in [6.45, 7) is 1.88. The molecule has 1 aromatic rings. The highest BCUT2D eigenvalue weighted by atomic mass is 79.9. The van der Waals surface area contributed by atoms with Crippen LogP contribution in [0, 0.1) is 5.82 Å². The van der Waals surface area contributed by atoms with Crippen LogP contribution in [0.5, 0.6) is 0 Å². The molecule has 0 aliphatic heterocycles. The Kier molecular flexibility index (Phi) is 5.55. The molecule has 0 saturated carbocycles. The third kappa shape index (κ3) is 3.96. The number of carbonyl (C=O) groups excluding carboxylic acids is 1. The molecular weight excluding hydrogens is 303 g/mol. The Balaban J connectivity index is 2.54. The molecule has 0 bridgehead atoms. The predicted octanol–water partition coefficient (Wildman–Crippen LogP) is 2.11. The van der Waals surface area contributed by atoms with Crippen molar-refractivity contribution in [2.24, 2.45) is 0 Å². The molecule has 2 amide bonds. The summed E-state index contributed by atoms with van der Waals surface area (Å²) in [5.41, 5.74) is 0.675. The van der Waals surface area contributed by atoms with Gasteiger partial charge < -0.3 is 15.3 Å². The minimum absolute atomic E-state index is 0.100. The Bertz CT molecular complexity index is 429. The molecule has 18 heavy (non-hydrogen) atoms. The Morgan fingerprint density at radius 1 is 1.61 bits per heavy atom. The molecular formula is C12H16BrFN2O2. The van der Waals surface area contributed by atoms with Crippen LogP contribution in [-0.4, -0.2) is 35.7 Å². The number of benzene rings is 1. The van der Waals surface area contributed by atoms with Gasteiger partial charge in [0.05, 0.1) is 17.1 Å². The van der Waals surface area contributed by atoms with Crippen LogP contribution in [0.2, 0.25) is 0 Å². The van der Waals surface area contributed by atoms with Crippen LogP contribution < -0.4 is 5.32 Å². The first kappa shape index (κ1) is 14.9. The van der Waals surface area contributed by atoms with E-state index in [1.807, 2.05) is 0 Å². The Morgan fingerprint density at radius 3 is 2.83 bits per heavy atom. The molecule has 4 nitrogen and oxygen atoms in total. The number of carbonyl (C=O) groups is 1. The molecule has 1 unspecified atom stereocenters. The zero-order valence-corrected chi connectivity index (χ0v) is 11.9. The van der Waals surface area contributed by atoms with Crippen LogP contribution >= 0.6 is 15.9 Å². The first-order valence-corrected chi connectivity index (χ1v) is 6.30. The quantitative estimate of drug-likeness (QED) is 0.893. The maximum absolute atomic E-state index is 13.2. The normalized spacial score (nSPS) is 12.1. The van der Waals surface area contributed by atoms with Crippen molar-refractivity contribution in [2.45, 2.75) is 19.5 Å². The van der Waals surface area contributed by atoms with E-state index in [-0.39, 0.29) is 31.0 Å². The highest BCUT2D eigenvalue weighted by Gasteiger charge is 2.14. The number of aliphatic hydroxyl groups excluding tert-OH is 1. The van der Waals surface area contributed by atoms with Crippen molar-refractivity contribution in [2.75, 3.05) is 13.7 Å². The maximum atomic E-state index is 13.2. The van der Waals surface area contributed by atoms with E-state index < -0.39 is 0 Å². The second-order valence-corrected chi connectivity index (χ2v) is 4.90. The monoisotopic (exact) mass is 318 g/mol. The van der Waals surface area contributed by atoms with E-state index in [0.29, 0.717) is 10.0 Å². The zero-order chi connectivity index (χ0) is 13.7. The summed E-state index contributed by atoms with van der Waals surface area (Å²) >= 11 is 3.06. The molecule has 0 spiro atoms. The second kappa shape index (κ2) is 6.70. The van der Waals surface area contributed by atoms with E-state index in [1.165, 1.54) is 11.0 Å².